The number of aromatic nitrogens is 2. The molecule has 7 heteroatoms. The minimum absolute atomic E-state index is 0.142. The fourth-order valence-electron chi connectivity index (χ4n) is 1.51. The lowest BCUT2D eigenvalue weighted by molar-refractivity contribution is 0.0690. The van der Waals surface area contributed by atoms with Crippen molar-refractivity contribution in [1.29, 1.82) is 0 Å². The first-order valence-corrected chi connectivity index (χ1v) is 6.99. The number of hydrogen-bond donors (Lipinski definition) is 1. The molecule has 5 nitrogen and oxygen atoms in total. The van der Waals surface area contributed by atoms with Crippen LogP contribution in [-0.2, 0) is 6.54 Å². The van der Waals surface area contributed by atoms with Gasteiger partial charge in [0.05, 0.1) is 17.7 Å². The molecule has 1 N–H and O–H groups in total. The predicted molar refractivity (Wildman–Crippen MR) is 72.8 cm³/mol. The Balaban J connectivity index is 2.19. The van der Waals surface area contributed by atoms with Gasteiger partial charge in [-0.1, -0.05) is 0 Å². The van der Waals surface area contributed by atoms with E-state index in [1.54, 1.807) is 18.3 Å². The van der Waals surface area contributed by atoms with Crippen LogP contribution in [0.5, 0.6) is 0 Å². The number of aromatic carboxylic acids is 1. The molecule has 0 aliphatic rings. The molecule has 0 fully saturated rings. The molecule has 2 aromatic heterocycles. The summed E-state index contributed by atoms with van der Waals surface area (Å²) in [4.78, 5) is 23.1. The molecule has 0 atom stereocenters. The zero-order valence-electron chi connectivity index (χ0n) is 10.3. The summed E-state index contributed by atoms with van der Waals surface area (Å²) in [5, 5.41) is 9.70. The number of hydrogen-bond acceptors (Lipinski definition) is 6. The molecule has 18 heavy (non-hydrogen) atoms. The quantitative estimate of drug-likeness (QED) is 0.934. The maximum Gasteiger partial charge on any atom is 0.355 e. The first-order valence-electron chi connectivity index (χ1n) is 5.30. The van der Waals surface area contributed by atoms with Crippen LogP contribution in [0, 0.1) is 13.8 Å². The predicted octanol–water partition coefficient (Wildman–Crippen LogP) is 2.55. The number of nitrogens with zero attached hydrogens (tertiary/aromatic N) is 3. The van der Waals surface area contributed by atoms with E-state index in [1.165, 1.54) is 16.2 Å². The van der Waals surface area contributed by atoms with Crippen molar-refractivity contribution in [3.63, 3.8) is 0 Å². The van der Waals surface area contributed by atoms with Gasteiger partial charge in [0.2, 0.25) is 0 Å². The van der Waals surface area contributed by atoms with Crippen molar-refractivity contribution in [3.05, 3.63) is 26.7 Å². The molecule has 0 saturated carbocycles. The van der Waals surface area contributed by atoms with Crippen LogP contribution in [0.25, 0.3) is 0 Å². The molecule has 0 amide bonds. The fourth-order valence-corrected chi connectivity index (χ4v) is 3.20. The molecule has 96 valence electrons. The lowest BCUT2D eigenvalue weighted by Crippen LogP contribution is -2.16. The highest BCUT2D eigenvalue weighted by Gasteiger charge is 2.17. The van der Waals surface area contributed by atoms with Crippen LogP contribution >= 0.6 is 22.7 Å². The zero-order valence-corrected chi connectivity index (χ0v) is 11.9. The summed E-state index contributed by atoms with van der Waals surface area (Å²) in [6.45, 7) is 4.44. The number of anilines is 1. The summed E-state index contributed by atoms with van der Waals surface area (Å²) in [6, 6.07) is 0. The smallest absolute Gasteiger partial charge is 0.355 e. The van der Waals surface area contributed by atoms with E-state index in [0.717, 1.165) is 15.7 Å². The van der Waals surface area contributed by atoms with Gasteiger partial charge < -0.3 is 10.0 Å². The van der Waals surface area contributed by atoms with Crippen molar-refractivity contribution in [3.8, 4) is 0 Å². The molecule has 0 spiro atoms. The second-order valence-corrected chi connectivity index (χ2v) is 6.04. The Morgan fingerprint density at radius 1 is 1.50 bits per heavy atom. The lowest BCUT2D eigenvalue weighted by Gasteiger charge is -2.14. The summed E-state index contributed by atoms with van der Waals surface area (Å²) in [5.41, 5.74) is 2.97. The van der Waals surface area contributed by atoms with Gasteiger partial charge in [0.1, 0.15) is 0 Å². The van der Waals surface area contributed by atoms with Crippen LogP contribution < -0.4 is 4.90 Å². The van der Waals surface area contributed by atoms with Crippen molar-refractivity contribution in [2.45, 2.75) is 20.4 Å². The van der Waals surface area contributed by atoms with Gasteiger partial charge in [-0.25, -0.2) is 14.8 Å². The number of carbonyl (C=O) groups is 1. The van der Waals surface area contributed by atoms with Gasteiger partial charge in [-0.2, -0.15) is 0 Å². The van der Waals surface area contributed by atoms with E-state index < -0.39 is 5.97 Å². The minimum atomic E-state index is -0.975. The van der Waals surface area contributed by atoms with E-state index in [4.69, 9.17) is 5.11 Å². The number of thiazole rings is 2. The maximum atomic E-state index is 10.9. The van der Waals surface area contributed by atoms with E-state index in [-0.39, 0.29) is 5.69 Å². The molecule has 0 saturated heterocycles. The average molecular weight is 283 g/mol. The third-order valence-corrected chi connectivity index (χ3v) is 4.54. The van der Waals surface area contributed by atoms with Gasteiger partial charge in [0.15, 0.2) is 10.8 Å². The topological polar surface area (TPSA) is 66.3 Å². The molecule has 0 unspecified atom stereocenters. The minimum Gasteiger partial charge on any atom is -0.476 e. The van der Waals surface area contributed by atoms with Crippen molar-refractivity contribution in [1.82, 2.24) is 9.97 Å². The molecular formula is C11H13N3O2S2. The lowest BCUT2D eigenvalue weighted by atomic mass is 10.4. The Morgan fingerprint density at radius 3 is 2.72 bits per heavy atom. The van der Waals surface area contributed by atoms with Crippen LogP contribution in [0.2, 0.25) is 0 Å². The van der Waals surface area contributed by atoms with Crippen molar-refractivity contribution < 1.29 is 9.90 Å². The van der Waals surface area contributed by atoms with Crippen LogP contribution in [-0.4, -0.2) is 28.1 Å². The molecule has 2 aromatic rings. The molecule has 2 heterocycles. The Kier molecular flexibility index (Phi) is 3.63. The molecule has 2 rings (SSSR count). The second kappa shape index (κ2) is 5.03. The van der Waals surface area contributed by atoms with Gasteiger partial charge >= 0.3 is 5.97 Å². The van der Waals surface area contributed by atoms with Crippen molar-refractivity contribution in [2.75, 3.05) is 11.9 Å². The molecule has 0 bridgehead atoms. The summed E-state index contributed by atoms with van der Waals surface area (Å²) in [6.07, 6.45) is 0. The normalized spacial score (nSPS) is 10.6. The van der Waals surface area contributed by atoms with Crippen molar-refractivity contribution in [2.24, 2.45) is 0 Å². The van der Waals surface area contributed by atoms with Crippen LogP contribution in [0.1, 0.15) is 25.9 Å². The fraction of sp³-hybridized carbons (Fsp3) is 0.364. The number of rotatable bonds is 4. The van der Waals surface area contributed by atoms with Gasteiger partial charge in [-0.15, -0.1) is 22.7 Å². The summed E-state index contributed by atoms with van der Waals surface area (Å²) in [5.74, 6) is -0.975. The van der Waals surface area contributed by atoms with Crippen LogP contribution in [0.15, 0.2) is 5.51 Å². The van der Waals surface area contributed by atoms with E-state index >= 15 is 0 Å². The standard InChI is InChI=1S/C11H13N3O2S2/c1-6-8(17-5-12-6)4-14(3)11-13-9(10(15)16)7(2)18-11/h5H,4H2,1-3H3,(H,15,16). The average Bonchev–Trinajstić information content (AvgIpc) is 2.86. The van der Waals surface area contributed by atoms with E-state index in [2.05, 4.69) is 9.97 Å². The maximum absolute atomic E-state index is 10.9. The second-order valence-electron chi connectivity index (χ2n) is 3.92. The number of aryl methyl sites for hydroxylation is 2. The van der Waals surface area contributed by atoms with Crippen LogP contribution in [0.3, 0.4) is 0 Å². The highest BCUT2D eigenvalue weighted by Crippen LogP contribution is 2.27. The summed E-state index contributed by atoms with van der Waals surface area (Å²) >= 11 is 2.99. The highest BCUT2D eigenvalue weighted by atomic mass is 32.1. The Hall–Kier alpha value is -1.47. The highest BCUT2D eigenvalue weighted by molar-refractivity contribution is 7.15. The third kappa shape index (κ3) is 2.51. The SMILES string of the molecule is Cc1ncsc1CN(C)c1nc(C(=O)O)c(C)s1. The molecular weight excluding hydrogens is 270 g/mol. The van der Waals surface area contributed by atoms with Gasteiger partial charge in [0.25, 0.3) is 0 Å². The summed E-state index contributed by atoms with van der Waals surface area (Å²) in [7, 11) is 1.91. The van der Waals surface area contributed by atoms with Crippen LogP contribution in [0.4, 0.5) is 5.13 Å². The molecule has 0 radical (unpaired) electrons. The Morgan fingerprint density at radius 2 is 2.22 bits per heavy atom. The van der Waals surface area contributed by atoms with Gasteiger partial charge in [-0.3, -0.25) is 0 Å². The zero-order chi connectivity index (χ0) is 13.3. The number of carboxylic acids is 1. The van der Waals surface area contributed by atoms with E-state index in [9.17, 15) is 4.79 Å². The monoisotopic (exact) mass is 283 g/mol. The molecule has 0 aliphatic heterocycles. The molecule has 0 aromatic carbocycles. The Bertz CT molecular complexity index is 577. The van der Waals surface area contributed by atoms with Crippen molar-refractivity contribution >= 4 is 33.8 Å². The molecule has 0 aliphatic carbocycles. The Labute approximate surface area is 113 Å². The first-order chi connectivity index (χ1) is 8.49. The third-order valence-electron chi connectivity index (χ3n) is 2.54. The number of carboxylic acid groups (broad SMARTS) is 1. The van der Waals surface area contributed by atoms with E-state index in [1.807, 2.05) is 24.4 Å². The van der Waals surface area contributed by atoms with Gasteiger partial charge in [0, 0.05) is 16.8 Å². The first kappa shape index (κ1) is 13.0. The summed E-state index contributed by atoms with van der Waals surface area (Å²) < 4.78 is 0. The van der Waals surface area contributed by atoms with Gasteiger partial charge in [-0.05, 0) is 13.8 Å². The largest absolute Gasteiger partial charge is 0.476 e. The van der Waals surface area contributed by atoms with E-state index in [0.29, 0.717) is 6.54 Å².